The molecule has 1 unspecified atom stereocenters. The van der Waals surface area contributed by atoms with Crippen molar-refractivity contribution in [2.24, 2.45) is 11.7 Å². The molecule has 2 nitrogen and oxygen atoms in total. The molecular weight excluding hydrogens is 237 g/mol. The lowest BCUT2D eigenvalue weighted by atomic mass is 10.00. The molecule has 0 aliphatic rings. The molecule has 1 atom stereocenters. The van der Waals surface area contributed by atoms with E-state index in [1.807, 2.05) is 13.8 Å². The van der Waals surface area contributed by atoms with Crippen LogP contribution in [0.5, 0.6) is 0 Å². The maximum absolute atomic E-state index is 12.6. The van der Waals surface area contributed by atoms with Crippen LogP contribution in [0.1, 0.15) is 31.5 Å². The predicted molar refractivity (Wildman–Crippen MR) is 58.3 cm³/mol. The van der Waals surface area contributed by atoms with Crippen LogP contribution in [0.3, 0.4) is 0 Å². The molecule has 2 N–H and O–H groups in total. The number of aromatic nitrogens is 1. The fourth-order valence-electron chi connectivity index (χ4n) is 1.14. The first-order valence-corrected chi connectivity index (χ1v) is 5.83. The molecule has 0 aliphatic carbocycles. The predicted octanol–water partition coefficient (Wildman–Crippen LogP) is 3.08. The van der Waals surface area contributed by atoms with Gasteiger partial charge in [0.05, 0.1) is 10.7 Å². The van der Waals surface area contributed by atoms with E-state index < -0.39 is 11.7 Å². The zero-order chi connectivity index (χ0) is 12.6. The summed E-state index contributed by atoms with van der Waals surface area (Å²) in [5.41, 5.74) is 2.82. The molecule has 6 heteroatoms. The summed E-state index contributed by atoms with van der Waals surface area (Å²) in [6.07, 6.45) is -3.80. The van der Waals surface area contributed by atoms with Crippen LogP contribution < -0.4 is 5.73 Å². The summed E-state index contributed by atoms with van der Waals surface area (Å²) in [7, 11) is 0. The molecule has 1 heterocycles. The summed E-state index contributed by atoms with van der Waals surface area (Å²) in [4.78, 5) is 3.96. The Kier molecular flexibility index (Phi) is 3.64. The van der Waals surface area contributed by atoms with Gasteiger partial charge in [0.2, 0.25) is 0 Å². The van der Waals surface area contributed by atoms with Crippen molar-refractivity contribution in [2.45, 2.75) is 38.9 Å². The smallest absolute Gasteiger partial charge is 0.313 e. The number of thiazole rings is 1. The second-order valence-corrected chi connectivity index (χ2v) is 5.37. The van der Waals surface area contributed by atoms with E-state index in [1.54, 1.807) is 0 Å². The third-order valence-electron chi connectivity index (χ3n) is 2.26. The van der Waals surface area contributed by atoms with E-state index in [-0.39, 0.29) is 5.69 Å². The van der Waals surface area contributed by atoms with Crippen LogP contribution in [0.2, 0.25) is 0 Å². The molecule has 0 fully saturated rings. The number of hydrogen-bond acceptors (Lipinski definition) is 3. The summed E-state index contributed by atoms with van der Waals surface area (Å²) in [6, 6.07) is 0. The third-order valence-corrected chi connectivity index (χ3v) is 3.13. The van der Waals surface area contributed by atoms with E-state index in [1.165, 1.54) is 16.7 Å². The monoisotopic (exact) mass is 252 g/mol. The molecule has 0 radical (unpaired) electrons. The van der Waals surface area contributed by atoms with Crippen molar-refractivity contribution in [1.82, 2.24) is 4.98 Å². The molecule has 92 valence electrons. The van der Waals surface area contributed by atoms with E-state index in [0.29, 0.717) is 17.3 Å². The highest BCUT2D eigenvalue weighted by Crippen LogP contribution is 2.36. The number of rotatable bonds is 3. The molecule has 1 aromatic heterocycles. The molecule has 1 rings (SSSR count). The normalized spacial score (nSPS) is 16.5. The van der Waals surface area contributed by atoms with Gasteiger partial charge in [-0.1, -0.05) is 13.8 Å². The minimum atomic E-state index is -4.48. The molecule has 0 bridgehead atoms. The molecule has 0 saturated heterocycles. The van der Waals surface area contributed by atoms with Crippen molar-refractivity contribution in [3.05, 3.63) is 16.1 Å². The molecule has 0 aromatic carbocycles. The average molecular weight is 252 g/mol. The Morgan fingerprint density at radius 1 is 1.44 bits per heavy atom. The number of nitrogens with zero attached hydrogens (tertiary/aromatic N) is 1. The van der Waals surface area contributed by atoms with Gasteiger partial charge < -0.3 is 5.73 Å². The van der Waals surface area contributed by atoms with Crippen LogP contribution in [0, 0.1) is 5.92 Å². The Hall–Kier alpha value is -0.620. The Bertz CT molecular complexity index is 355. The fraction of sp³-hybridized carbons (Fsp3) is 0.700. The van der Waals surface area contributed by atoms with E-state index >= 15 is 0 Å². The van der Waals surface area contributed by atoms with Crippen LogP contribution in [-0.2, 0) is 12.0 Å². The first-order chi connectivity index (χ1) is 7.14. The van der Waals surface area contributed by atoms with E-state index in [0.717, 1.165) is 6.92 Å². The molecular formula is C10H15F3N2S. The van der Waals surface area contributed by atoms with Crippen LogP contribution in [-0.4, -0.2) is 11.2 Å². The summed E-state index contributed by atoms with van der Waals surface area (Å²) >= 11 is 1.23. The van der Waals surface area contributed by atoms with E-state index in [9.17, 15) is 13.2 Å². The Morgan fingerprint density at radius 2 is 2.00 bits per heavy atom. The first kappa shape index (κ1) is 13.4. The number of halogens is 3. The SMILES string of the molecule is CC(C)Cc1nc(C(C)(N)C(F)(F)F)cs1. The van der Waals surface area contributed by atoms with Crippen LogP contribution in [0.15, 0.2) is 5.38 Å². The Morgan fingerprint density at radius 3 is 2.44 bits per heavy atom. The molecule has 0 spiro atoms. The minimum absolute atomic E-state index is 0.0966. The van der Waals surface area contributed by atoms with Gasteiger partial charge >= 0.3 is 6.18 Å². The lowest BCUT2D eigenvalue weighted by molar-refractivity contribution is -0.185. The Balaban J connectivity index is 2.93. The second-order valence-electron chi connectivity index (χ2n) is 4.42. The summed E-state index contributed by atoms with van der Waals surface area (Å²) < 4.78 is 37.9. The summed E-state index contributed by atoms with van der Waals surface area (Å²) in [6.45, 7) is 4.93. The Labute approximate surface area is 96.7 Å². The van der Waals surface area contributed by atoms with Gasteiger partial charge in [-0.3, -0.25) is 0 Å². The van der Waals surface area contributed by atoms with Crippen molar-refractivity contribution in [2.75, 3.05) is 0 Å². The fourth-order valence-corrected chi connectivity index (χ4v) is 2.26. The maximum Gasteiger partial charge on any atom is 0.411 e. The van der Waals surface area contributed by atoms with Crippen LogP contribution >= 0.6 is 11.3 Å². The number of alkyl halides is 3. The molecule has 0 amide bonds. The van der Waals surface area contributed by atoms with Crippen LogP contribution in [0.4, 0.5) is 13.2 Å². The number of nitrogens with two attached hydrogens (primary N) is 1. The summed E-state index contributed by atoms with van der Waals surface area (Å²) in [5, 5.41) is 2.09. The van der Waals surface area contributed by atoms with E-state index in [2.05, 4.69) is 4.98 Å². The van der Waals surface area contributed by atoms with E-state index in [4.69, 9.17) is 5.73 Å². The first-order valence-electron chi connectivity index (χ1n) is 4.95. The molecule has 0 aliphatic heterocycles. The van der Waals surface area contributed by atoms with Crippen molar-refractivity contribution in [1.29, 1.82) is 0 Å². The zero-order valence-electron chi connectivity index (χ0n) is 9.43. The van der Waals surface area contributed by atoms with Gasteiger partial charge in [0.1, 0.15) is 0 Å². The average Bonchev–Trinajstić information content (AvgIpc) is 2.49. The largest absolute Gasteiger partial charge is 0.411 e. The highest BCUT2D eigenvalue weighted by atomic mass is 32.1. The van der Waals surface area contributed by atoms with Gasteiger partial charge in [-0.05, 0) is 12.8 Å². The quantitative estimate of drug-likeness (QED) is 0.897. The lowest BCUT2D eigenvalue weighted by Crippen LogP contribution is -2.48. The second kappa shape index (κ2) is 4.33. The van der Waals surface area contributed by atoms with Gasteiger partial charge in [-0.15, -0.1) is 11.3 Å². The van der Waals surface area contributed by atoms with Crippen LogP contribution in [0.25, 0.3) is 0 Å². The molecule has 0 saturated carbocycles. The highest BCUT2D eigenvalue weighted by molar-refractivity contribution is 7.09. The van der Waals surface area contributed by atoms with Gasteiger partial charge in [0, 0.05) is 11.8 Å². The van der Waals surface area contributed by atoms with Gasteiger partial charge in [-0.2, -0.15) is 13.2 Å². The number of hydrogen-bond donors (Lipinski definition) is 1. The topological polar surface area (TPSA) is 38.9 Å². The lowest BCUT2D eigenvalue weighted by Gasteiger charge is -2.25. The standard InChI is InChI=1S/C10H15F3N2S/c1-6(2)4-8-15-7(5-16-8)9(3,14)10(11,12)13/h5-6H,4,14H2,1-3H3. The van der Waals surface area contributed by atoms with Crippen molar-refractivity contribution >= 4 is 11.3 Å². The maximum atomic E-state index is 12.6. The zero-order valence-corrected chi connectivity index (χ0v) is 10.2. The summed E-state index contributed by atoms with van der Waals surface area (Å²) in [5.74, 6) is 0.369. The minimum Gasteiger partial charge on any atom is -0.313 e. The van der Waals surface area contributed by atoms with Crippen molar-refractivity contribution < 1.29 is 13.2 Å². The van der Waals surface area contributed by atoms with Crippen molar-refractivity contribution in [3.63, 3.8) is 0 Å². The molecule has 1 aromatic rings. The van der Waals surface area contributed by atoms with Gasteiger partial charge in [-0.25, -0.2) is 4.98 Å². The molecule has 16 heavy (non-hydrogen) atoms. The van der Waals surface area contributed by atoms with Crippen molar-refractivity contribution in [3.8, 4) is 0 Å². The third kappa shape index (κ3) is 2.74. The van der Waals surface area contributed by atoms with Gasteiger partial charge in [0.15, 0.2) is 5.54 Å². The van der Waals surface area contributed by atoms with Gasteiger partial charge in [0.25, 0.3) is 0 Å². The highest BCUT2D eigenvalue weighted by Gasteiger charge is 2.50.